The Balaban J connectivity index is 2.06. The van der Waals surface area contributed by atoms with Gasteiger partial charge in [0.25, 0.3) is 0 Å². The van der Waals surface area contributed by atoms with Crippen LogP contribution in [0.4, 0.5) is 10.6 Å². The molecule has 2 amide bonds. The topological polar surface area (TPSA) is 50.2 Å². The lowest BCUT2D eigenvalue weighted by Gasteiger charge is -2.38. The summed E-state index contributed by atoms with van der Waals surface area (Å²) >= 11 is 0. The second kappa shape index (κ2) is 5.00. The van der Waals surface area contributed by atoms with E-state index in [9.17, 15) is 4.79 Å². The average Bonchev–Trinajstić information content (AvgIpc) is 2.57. The molecular formula is C13H22N4O. The van der Waals surface area contributed by atoms with Crippen LogP contribution in [0.2, 0.25) is 0 Å². The van der Waals surface area contributed by atoms with E-state index in [-0.39, 0.29) is 6.03 Å². The van der Waals surface area contributed by atoms with Crippen molar-refractivity contribution in [1.29, 1.82) is 0 Å². The number of piperidine rings is 1. The molecule has 0 aliphatic carbocycles. The first-order chi connectivity index (χ1) is 8.49. The number of hydrogen-bond donors (Lipinski definition) is 1. The molecule has 1 aromatic heterocycles. The quantitative estimate of drug-likeness (QED) is 0.832. The molecule has 0 saturated carbocycles. The minimum Gasteiger partial charge on any atom is -0.319 e. The summed E-state index contributed by atoms with van der Waals surface area (Å²) in [6.07, 6.45) is 3.37. The van der Waals surface area contributed by atoms with Gasteiger partial charge in [0.2, 0.25) is 0 Å². The fraction of sp³-hybridized carbons (Fsp3) is 0.692. The van der Waals surface area contributed by atoms with Gasteiger partial charge < -0.3 is 4.90 Å². The SMILES string of the molecule is Cc1cc(NC(=O)N2C(C)CCCC2C)nn1C. The van der Waals surface area contributed by atoms with Crippen LogP contribution in [0.3, 0.4) is 0 Å². The van der Waals surface area contributed by atoms with Crippen molar-refractivity contribution >= 4 is 11.8 Å². The number of urea groups is 1. The van der Waals surface area contributed by atoms with E-state index in [4.69, 9.17) is 0 Å². The molecule has 1 aliphatic rings. The number of nitrogens with zero attached hydrogens (tertiary/aromatic N) is 3. The molecule has 2 atom stereocenters. The Labute approximate surface area is 108 Å². The molecule has 1 fully saturated rings. The molecule has 1 aromatic rings. The highest BCUT2D eigenvalue weighted by molar-refractivity contribution is 5.88. The maximum Gasteiger partial charge on any atom is 0.323 e. The lowest BCUT2D eigenvalue weighted by molar-refractivity contribution is 0.133. The minimum absolute atomic E-state index is 0.0344. The van der Waals surface area contributed by atoms with Crippen molar-refractivity contribution in [3.63, 3.8) is 0 Å². The highest BCUT2D eigenvalue weighted by Gasteiger charge is 2.29. The van der Waals surface area contributed by atoms with E-state index in [0.717, 1.165) is 18.5 Å². The van der Waals surface area contributed by atoms with Crippen LogP contribution in [0.1, 0.15) is 38.8 Å². The number of carbonyl (C=O) groups is 1. The van der Waals surface area contributed by atoms with Crippen molar-refractivity contribution < 1.29 is 4.79 Å². The molecule has 2 unspecified atom stereocenters. The number of rotatable bonds is 1. The minimum atomic E-state index is -0.0344. The molecule has 1 aliphatic heterocycles. The first-order valence-corrected chi connectivity index (χ1v) is 6.59. The fourth-order valence-electron chi connectivity index (χ4n) is 2.62. The molecule has 0 spiro atoms. The molecule has 0 aromatic carbocycles. The van der Waals surface area contributed by atoms with Crippen LogP contribution in [-0.4, -0.2) is 32.8 Å². The van der Waals surface area contributed by atoms with Crippen LogP contribution in [0.25, 0.3) is 0 Å². The summed E-state index contributed by atoms with van der Waals surface area (Å²) in [4.78, 5) is 14.2. The van der Waals surface area contributed by atoms with Crippen molar-refractivity contribution in [2.45, 2.75) is 52.1 Å². The average molecular weight is 250 g/mol. The maximum absolute atomic E-state index is 12.3. The number of anilines is 1. The summed E-state index contributed by atoms with van der Waals surface area (Å²) in [6.45, 7) is 6.19. The highest BCUT2D eigenvalue weighted by Crippen LogP contribution is 2.23. The predicted octanol–water partition coefficient (Wildman–Crippen LogP) is 2.52. The zero-order valence-corrected chi connectivity index (χ0v) is 11.6. The second-order valence-electron chi connectivity index (χ2n) is 5.26. The van der Waals surface area contributed by atoms with Gasteiger partial charge in [-0.2, -0.15) is 5.10 Å². The third kappa shape index (κ3) is 2.49. The van der Waals surface area contributed by atoms with E-state index < -0.39 is 0 Å². The predicted molar refractivity (Wildman–Crippen MR) is 71.6 cm³/mol. The van der Waals surface area contributed by atoms with Gasteiger partial charge in [-0.25, -0.2) is 4.79 Å². The number of nitrogens with one attached hydrogen (secondary N) is 1. The van der Waals surface area contributed by atoms with E-state index in [1.54, 1.807) is 4.68 Å². The Hall–Kier alpha value is -1.52. The number of likely N-dealkylation sites (tertiary alicyclic amines) is 1. The maximum atomic E-state index is 12.3. The zero-order chi connectivity index (χ0) is 13.3. The van der Waals surface area contributed by atoms with Crippen LogP contribution in [0.5, 0.6) is 0 Å². The van der Waals surface area contributed by atoms with Crippen LogP contribution < -0.4 is 5.32 Å². The number of amides is 2. The molecule has 2 rings (SSSR count). The molecule has 18 heavy (non-hydrogen) atoms. The molecule has 2 heterocycles. The Kier molecular flexibility index (Phi) is 3.59. The van der Waals surface area contributed by atoms with Gasteiger partial charge >= 0.3 is 6.03 Å². The van der Waals surface area contributed by atoms with Gasteiger partial charge in [-0.15, -0.1) is 0 Å². The number of aryl methyl sites for hydroxylation is 2. The Morgan fingerprint density at radius 2 is 2.00 bits per heavy atom. The van der Waals surface area contributed by atoms with Gasteiger partial charge in [-0.05, 0) is 40.0 Å². The largest absolute Gasteiger partial charge is 0.323 e. The lowest BCUT2D eigenvalue weighted by atomic mass is 9.98. The van der Waals surface area contributed by atoms with Crippen molar-refractivity contribution in [3.05, 3.63) is 11.8 Å². The molecule has 100 valence electrons. The number of aromatic nitrogens is 2. The van der Waals surface area contributed by atoms with Gasteiger partial charge in [-0.3, -0.25) is 10.00 Å². The molecule has 1 saturated heterocycles. The summed E-state index contributed by atoms with van der Waals surface area (Å²) in [5.41, 5.74) is 1.03. The fourth-order valence-corrected chi connectivity index (χ4v) is 2.62. The van der Waals surface area contributed by atoms with Crippen LogP contribution in [-0.2, 0) is 7.05 Å². The zero-order valence-electron chi connectivity index (χ0n) is 11.6. The summed E-state index contributed by atoms with van der Waals surface area (Å²) < 4.78 is 1.76. The molecule has 5 heteroatoms. The third-order valence-electron chi connectivity index (χ3n) is 3.78. The van der Waals surface area contributed by atoms with Crippen molar-refractivity contribution in [1.82, 2.24) is 14.7 Å². The van der Waals surface area contributed by atoms with Crippen molar-refractivity contribution in [2.75, 3.05) is 5.32 Å². The van der Waals surface area contributed by atoms with Crippen molar-refractivity contribution in [2.24, 2.45) is 7.05 Å². The Morgan fingerprint density at radius 3 is 2.50 bits per heavy atom. The molecule has 5 nitrogen and oxygen atoms in total. The van der Waals surface area contributed by atoms with E-state index in [1.807, 2.05) is 24.9 Å². The first kappa shape index (κ1) is 12.9. The third-order valence-corrected chi connectivity index (χ3v) is 3.78. The lowest BCUT2D eigenvalue weighted by Crippen LogP contribution is -2.49. The molecule has 0 radical (unpaired) electrons. The van der Waals surface area contributed by atoms with E-state index in [2.05, 4.69) is 24.3 Å². The van der Waals surface area contributed by atoms with Crippen molar-refractivity contribution in [3.8, 4) is 0 Å². The smallest absolute Gasteiger partial charge is 0.319 e. The Bertz CT molecular complexity index is 411. The van der Waals surface area contributed by atoms with Crippen LogP contribution in [0, 0.1) is 6.92 Å². The highest BCUT2D eigenvalue weighted by atomic mass is 16.2. The van der Waals surface area contributed by atoms with Gasteiger partial charge in [0, 0.05) is 30.9 Å². The number of carbonyl (C=O) groups excluding carboxylic acids is 1. The van der Waals surface area contributed by atoms with E-state index in [1.165, 1.54) is 6.42 Å². The second-order valence-corrected chi connectivity index (χ2v) is 5.26. The molecule has 1 N–H and O–H groups in total. The Morgan fingerprint density at radius 1 is 1.39 bits per heavy atom. The van der Waals surface area contributed by atoms with E-state index in [0.29, 0.717) is 17.9 Å². The van der Waals surface area contributed by atoms with Gasteiger partial charge in [-0.1, -0.05) is 0 Å². The van der Waals surface area contributed by atoms with Gasteiger partial charge in [0.05, 0.1) is 0 Å². The van der Waals surface area contributed by atoms with E-state index >= 15 is 0 Å². The summed E-state index contributed by atoms with van der Waals surface area (Å²) in [5, 5.41) is 7.14. The summed E-state index contributed by atoms with van der Waals surface area (Å²) in [7, 11) is 1.87. The summed E-state index contributed by atoms with van der Waals surface area (Å²) in [6, 6.07) is 2.46. The standard InChI is InChI=1S/C13H22N4O/c1-9-6-5-7-10(2)17(9)13(18)14-12-8-11(3)16(4)15-12/h8-10H,5-7H2,1-4H3,(H,14,15,18). The summed E-state index contributed by atoms with van der Waals surface area (Å²) in [5.74, 6) is 0.630. The van der Waals surface area contributed by atoms with Crippen LogP contribution in [0.15, 0.2) is 6.07 Å². The van der Waals surface area contributed by atoms with Gasteiger partial charge in [0.1, 0.15) is 0 Å². The van der Waals surface area contributed by atoms with Crippen LogP contribution >= 0.6 is 0 Å². The first-order valence-electron chi connectivity index (χ1n) is 6.59. The number of hydrogen-bond acceptors (Lipinski definition) is 2. The molecule has 0 bridgehead atoms. The normalized spacial score (nSPS) is 24.1. The monoisotopic (exact) mass is 250 g/mol. The molecular weight excluding hydrogens is 228 g/mol. The van der Waals surface area contributed by atoms with Gasteiger partial charge in [0.15, 0.2) is 5.82 Å².